The number of hydrogen-bond donors (Lipinski definition) is 0. The quantitative estimate of drug-likeness (QED) is 0.711. The Balaban J connectivity index is 1.50. The van der Waals surface area contributed by atoms with Crippen LogP contribution in [0.5, 0.6) is 0 Å². The van der Waals surface area contributed by atoms with Crippen molar-refractivity contribution in [3.8, 4) is 5.69 Å². The Bertz CT molecular complexity index is 953. The van der Waals surface area contributed by atoms with Crippen molar-refractivity contribution in [2.24, 2.45) is 0 Å². The molecule has 1 aliphatic heterocycles. The van der Waals surface area contributed by atoms with Crippen LogP contribution in [0.1, 0.15) is 46.2 Å². The van der Waals surface area contributed by atoms with Gasteiger partial charge in [-0.15, -0.1) is 5.10 Å². The van der Waals surface area contributed by atoms with Crippen molar-refractivity contribution in [2.45, 2.75) is 39.7 Å². The second-order valence-electron chi connectivity index (χ2n) is 7.11. The molecule has 8 nitrogen and oxygen atoms in total. The van der Waals surface area contributed by atoms with E-state index in [9.17, 15) is 4.79 Å². The standard InChI is InChI=1S/C19H23N7O/c1-13-4-5-17(14(2)10-13)26-22-15(3)18(23-26)19(27)24-8-6-16(7-9-24)25-12-20-11-21-25/h4-5,10-12,16H,6-9H2,1-3H3. The molecule has 0 N–H and O–H groups in total. The SMILES string of the molecule is Cc1ccc(-n2nc(C)c(C(=O)N3CCC(n4cncn4)CC3)n2)c(C)c1. The zero-order valence-electron chi connectivity index (χ0n) is 15.8. The van der Waals surface area contributed by atoms with Crippen molar-refractivity contribution in [1.29, 1.82) is 0 Å². The van der Waals surface area contributed by atoms with Gasteiger partial charge in [0.2, 0.25) is 0 Å². The van der Waals surface area contributed by atoms with E-state index in [4.69, 9.17) is 0 Å². The lowest BCUT2D eigenvalue weighted by atomic mass is 10.0. The van der Waals surface area contributed by atoms with Gasteiger partial charge in [0.25, 0.3) is 5.91 Å². The van der Waals surface area contributed by atoms with Crippen LogP contribution in [0.25, 0.3) is 5.69 Å². The van der Waals surface area contributed by atoms with Gasteiger partial charge >= 0.3 is 0 Å². The van der Waals surface area contributed by atoms with Crippen LogP contribution in [0.2, 0.25) is 0 Å². The third kappa shape index (κ3) is 3.34. The average Bonchev–Trinajstić information content (AvgIpc) is 3.31. The summed E-state index contributed by atoms with van der Waals surface area (Å²) in [5.41, 5.74) is 4.24. The topological polar surface area (TPSA) is 81.7 Å². The zero-order chi connectivity index (χ0) is 19.0. The largest absolute Gasteiger partial charge is 0.337 e. The summed E-state index contributed by atoms with van der Waals surface area (Å²) in [6.45, 7) is 7.27. The molecule has 3 aromatic rings. The number of carbonyl (C=O) groups is 1. The Kier molecular flexibility index (Phi) is 4.47. The van der Waals surface area contributed by atoms with E-state index in [-0.39, 0.29) is 5.91 Å². The fourth-order valence-electron chi connectivity index (χ4n) is 3.60. The Morgan fingerprint density at radius 3 is 2.56 bits per heavy atom. The maximum absolute atomic E-state index is 13.0. The number of piperidine rings is 1. The second kappa shape index (κ2) is 6.94. The predicted octanol–water partition coefficient (Wildman–Crippen LogP) is 2.26. The van der Waals surface area contributed by atoms with Crippen LogP contribution in [-0.4, -0.2) is 53.7 Å². The van der Waals surface area contributed by atoms with E-state index in [0.29, 0.717) is 30.5 Å². The van der Waals surface area contributed by atoms with Gasteiger partial charge in [0.15, 0.2) is 5.69 Å². The van der Waals surface area contributed by atoms with Gasteiger partial charge in [0.05, 0.1) is 17.4 Å². The molecule has 1 fully saturated rings. The molecule has 27 heavy (non-hydrogen) atoms. The molecular weight excluding hydrogens is 342 g/mol. The minimum Gasteiger partial charge on any atom is -0.337 e. The van der Waals surface area contributed by atoms with E-state index in [0.717, 1.165) is 24.1 Å². The predicted molar refractivity (Wildman–Crippen MR) is 99.8 cm³/mol. The van der Waals surface area contributed by atoms with Crippen LogP contribution in [0.15, 0.2) is 30.9 Å². The molecule has 0 bridgehead atoms. The third-order valence-electron chi connectivity index (χ3n) is 5.11. The second-order valence-corrected chi connectivity index (χ2v) is 7.11. The Labute approximate surface area is 157 Å². The molecule has 0 saturated carbocycles. The highest BCUT2D eigenvalue weighted by molar-refractivity contribution is 5.93. The molecular formula is C19H23N7O. The van der Waals surface area contributed by atoms with Crippen LogP contribution < -0.4 is 0 Å². The zero-order valence-corrected chi connectivity index (χ0v) is 15.8. The van der Waals surface area contributed by atoms with E-state index in [1.165, 1.54) is 5.56 Å². The monoisotopic (exact) mass is 365 g/mol. The Morgan fingerprint density at radius 1 is 1.11 bits per heavy atom. The van der Waals surface area contributed by atoms with Gasteiger partial charge in [-0.05, 0) is 45.2 Å². The number of rotatable bonds is 3. The lowest BCUT2D eigenvalue weighted by Crippen LogP contribution is -2.39. The lowest BCUT2D eigenvalue weighted by Gasteiger charge is -2.31. The molecule has 3 heterocycles. The Morgan fingerprint density at radius 2 is 1.89 bits per heavy atom. The summed E-state index contributed by atoms with van der Waals surface area (Å²) in [5.74, 6) is -0.0550. The minimum absolute atomic E-state index is 0.0550. The van der Waals surface area contributed by atoms with Gasteiger partial charge in [-0.1, -0.05) is 17.7 Å². The van der Waals surface area contributed by atoms with Gasteiger partial charge in [0.1, 0.15) is 12.7 Å². The molecule has 0 aliphatic carbocycles. The number of aryl methyl sites for hydroxylation is 3. The molecule has 1 aliphatic rings. The number of benzene rings is 1. The first-order valence-corrected chi connectivity index (χ1v) is 9.18. The highest BCUT2D eigenvalue weighted by atomic mass is 16.2. The lowest BCUT2D eigenvalue weighted by molar-refractivity contribution is 0.0682. The average molecular weight is 365 g/mol. The molecule has 0 unspecified atom stereocenters. The van der Waals surface area contributed by atoms with Crippen LogP contribution >= 0.6 is 0 Å². The van der Waals surface area contributed by atoms with E-state index in [1.54, 1.807) is 17.5 Å². The molecule has 1 saturated heterocycles. The first-order chi connectivity index (χ1) is 13.0. The van der Waals surface area contributed by atoms with E-state index in [2.05, 4.69) is 33.3 Å². The number of likely N-dealkylation sites (tertiary alicyclic amines) is 1. The van der Waals surface area contributed by atoms with Gasteiger partial charge in [-0.3, -0.25) is 4.79 Å². The number of aromatic nitrogens is 6. The van der Waals surface area contributed by atoms with E-state index < -0.39 is 0 Å². The van der Waals surface area contributed by atoms with Gasteiger partial charge < -0.3 is 4.90 Å². The fraction of sp³-hybridized carbons (Fsp3) is 0.421. The highest BCUT2D eigenvalue weighted by Crippen LogP contribution is 2.23. The molecule has 1 amide bonds. The van der Waals surface area contributed by atoms with Crippen molar-refractivity contribution in [3.05, 3.63) is 53.4 Å². The minimum atomic E-state index is -0.0550. The molecule has 0 atom stereocenters. The molecule has 4 rings (SSSR count). The van der Waals surface area contributed by atoms with E-state index >= 15 is 0 Å². The van der Waals surface area contributed by atoms with E-state index in [1.807, 2.05) is 35.6 Å². The van der Waals surface area contributed by atoms with Gasteiger partial charge in [0, 0.05) is 13.1 Å². The van der Waals surface area contributed by atoms with Crippen LogP contribution in [0.3, 0.4) is 0 Å². The summed E-state index contributed by atoms with van der Waals surface area (Å²) in [4.78, 5) is 20.4. The van der Waals surface area contributed by atoms with Crippen LogP contribution in [-0.2, 0) is 0 Å². The van der Waals surface area contributed by atoms with Crippen LogP contribution in [0, 0.1) is 20.8 Å². The summed E-state index contributed by atoms with van der Waals surface area (Å²) in [5, 5.41) is 13.2. The first kappa shape index (κ1) is 17.4. The third-order valence-corrected chi connectivity index (χ3v) is 5.11. The molecule has 1 aromatic carbocycles. The molecule has 2 aromatic heterocycles. The maximum Gasteiger partial charge on any atom is 0.276 e. The summed E-state index contributed by atoms with van der Waals surface area (Å²) < 4.78 is 1.88. The van der Waals surface area contributed by atoms with Crippen molar-refractivity contribution in [3.63, 3.8) is 0 Å². The van der Waals surface area contributed by atoms with Crippen molar-refractivity contribution in [1.82, 2.24) is 34.7 Å². The summed E-state index contributed by atoms with van der Waals surface area (Å²) in [6, 6.07) is 6.40. The first-order valence-electron chi connectivity index (χ1n) is 9.18. The number of hydrogen-bond acceptors (Lipinski definition) is 5. The normalized spacial score (nSPS) is 15.3. The molecule has 140 valence electrons. The van der Waals surface area contributed by atoms with Gasteiger partial charge in [-0.2, -0.15) is 15.0 Å². The summed E-state index contributed by atoms with van der Waals surface area (Å²) >= 11 is 0. The number of carbonyl (C=O) groups excluding carboxylic acids is 1. The smallest absolute Gasteiger partial charge is 0.276 e. The molecule has 0 radical (unpaired) electrons. The van der Waals surface area contributed by atoms with Crippen molar-refractivity contribution >= 4 is 5.91 Å². The number of amides is 1. The maximum atomic E-state index is 13.0. The molecule has 0 spiro atoms. The van der Waals surface area contributed by atoms with Gasteiger partial charge in [-0.25, -0.2) is 9.67 Å². The van der Waals surface area contributed by atoms with Crippen LogP contribution in [0.4, 0.5) is 0 Å². The summed E-state index contributed by atoms with van der Waals surface area (Å²) in [6.07, 6.45) is 5.01. The fourth-order valence-corrected chi connectivity index (χ4v) is 3.60. The number of nitrogens with zero attached hydrogens (tertiary/aromatic N) is 7. The molecule has 8 heteroatoms. The van der Waals surface area contributed by atoms with Crippen molar-refractivity contribution < 1.29 is 4.79 Å². The summed E-state index contributed by atoms with van der Waals surface area (Å²) in [7, 11) is 0. The van der Waals surface area contributed by atoms with Crippen molar-refractivity contribution in [2.75, 3.05) is 13.1 Å². The Hall–Kier alpha value is -3.03. The highest BCUT2D eigenvalue weighted by Gasteiger charge is 2.28.